The number of nitrogens with zero attached hydrogens (tertiary/aromatic N) is 1. The molecule has 0 amide bonds. The van der Waals surface area contributed by atoms with Crippen LogP contribution in [0.2, 0.25) is 0 Å². The first-order chi connectivity index (χ1) is 9.17. The monoisotopic (exact) mass is 282 g/mol. The van der Waals surface area contributed by atoms with E-state index in [0.717, 1.165) is 19.5 Å². The van der Waals surface area contributed by atoms with Crippen molar-refractivity contribution in [1.82, 2.24) is 4.90 Å². The van der Waals surface area contributed by atoms with Crippen LogP contribution in [0.15, 0.2) is 11.4 Å². The van der Waals surface area contributed by atoms with Gasteiger partial charge in [-0.3, -0.25) is 4.90 Å². The third-order valence-electron chi connectivity index (χ3n) is 4.18. The Hall–Kier alpha value is -0.420. The Labute approximate surface area is 120 Å². The van der Waals surface area contributed by atoms with Gasteiger partial charge in [-0.2, -0.15) is 0 Å². The van der Waals surface area contributed by atoms with Crippen molar-refractivity contribution in [2.75, 3.05) is 20.2 Å². The van der Waals surface area contributed by atoms with E-state index in [-0.39, 0.29) is 6.04 Å². The molecule has 1 aliphatic rings. The van der Waals surface area contributed by atoms with Gasteiger partial charge in [-0.15, -0.1) is 11.3 Å². The topological polar surface area (TPSA) is 38.5 Å². The number of aryl methyl sites for hydroxylation is 1. The van der Waals surface area contributed by atoms with Crippen molar-refractivity contribution >= 4 is 11.3 Å². The summed E-state index contributed by atoms with van der Waals surface area (Å²) >= 11 is 1.84. The molecule has 0 bridgehead atoms. The maximum atomic E-state index is 6.42. The quantitative estimate of drug-likeness (QED) is 0.902. The van der Waals surface area contributed by atoms with Crippen LogP contribution in [0.3, 0.4) is 0 Å². The van der Waals surface area contributed by atoms with Gasteiger partial charge in [0.2, 0.25) is 0 Å². The van der Waals surface area contributed by atoms with Crippen molar-refractivity contribution in [2.24, 2.45) is 5.73 Å². The number of hydrogen-bond donors (Lipinski definition) is 1. The van der Waals surface area contributed by atoms with Crippen molar-refractivity contribution in [2.45, 2.75) is 51.3 Å². The maximum Gasteiger partial charge on any atom is 0.0698 e. The van der Waals surface area contributed by atoms with Crippen LogP contribution in [0.25, 0.3) is 0 Å². The molecular weight excluding hydrogens is 256 g/mol. The molecule has 2 heterocycles. The minimum atomic E-state index is 0.202. The van der Waals surface area contributed by atoms with E-state index in [1.165, 1.54) is 23.3 Å². The van der Waals surface area contributed by atoms with Gasteiger partial charge in [-0.25, -0.2) is 0 Å². The second-order valence-electron chi connectivity index (χ2n) is 5.48. The molecule has 1 saturated heterocycles. The van der Waals surface area contributed by atoms with Crippen LogP contribution < -0.4 is 5.73 Å². The van der Waals surface area contributed by atoms with Crippen molar-refractivity contribution in [3.63, 3.8) is 0 Å². The van der Waals surface area contributed by atoms with Gasteiger partial charge in [0.15, 0.2) is 0 Å². The first-order valence-corrected chi connectivity index (χ1v) is 8.11. The van der Waals surface area contributed by atoms with E-state index in [2.05, 4.69) is 30.2 Å². The highest BCUT2D eigenvalue weighted by Crippen LogP contribution is 2.33. The lowest BCUT2D eigenvalue weighted by Crippen LogP contribution is -2.47. The van der Waals surface area contributed by atoms with E-state index in [9.17, 15) is 0 Å². The Bertz CT molecular complexity index is 393. The smallest absolute Gasteiger partial charge is 0.0698 e. The SMILES string of the molecule is CCC(N)C(c1sccc1C)N1CCCC(OC)C1. The highest BCUT2D eigenvalue weighted by molar-refractivity contribution is 7.10. The van der Waals surface area contributed by atoms with Gasteiger partial charge in [-0.1, -0.05) is 6.92 Å². The summed E-state index contributed by atoms with van der Waals surface area (Å²) in [5, 5.41) is 2.18. The van der Waals surface area contributed by atoms with Crippen LogP contribution in [0.1, 0.15) is 42.7 Å². The average Bonchev–Trinajstić information content (AvgIpc) is 2.85. The lowest BCUT2D eigenvalue weighted by atomic mass is 9.97. The molecule has 108 valence electrons. The number of hydrogen-bond acceptors (Lipinski definition) is 4. The summed E-state index contributed by atoms with van der Waals surface area (Å²) in [6.07, 6.45) is 3.75. The van der Waals surface area contributed by atoms with E-state index in [0.29, 0.717) is 12.1 Å². The third-order valence-corrected chi connectivity index (χ3v) is 5.27. The highest BCUT2D eigenvalue weighted by atomic mass is 32.1. The second kappa shape index (κ2) is 6.84. The number of thiophene rings is 1. The molecule has 0 saturated carbocycles. The van der Waals surface area contributed by atoms with Crippen LogP contribution in [0.5, 0.6) is 0 Å². The Kier molecular flexibility index (Phi) is 5.39. The predicted molar refractivity (Wildman–Crippen MR) is 81.7 cm³/mol. The zero-order valence-electron chi connectivity index (χ0n) is 12.3. The minimum absolute atomic E-state index is 0.202. The van der Waals surface area contributed by atoms with E-state index in [1.807, 2.05) is 18.4 Å². The van der Waals surface area contributed by atoms with Gasteiger partial charge < -0.3 is 10.5 Å². The second-order valence-corrected chi connectivity index (χ2v) is 6.43. The van der Waals surface area contributed by atoms with Crippen LogP contribution in [-0.2, 0) is 4.74 Å². The van der Waals surface area contributed by atoms with E-state index < -0.39 is 0 Å². The molecule has 2 N–H and O–H groups in total. The molecule has 1 aromatic rings. The van der Waals surface area contributed by atoms with Gasteiger partial charge in [-0.05, 0) is 49.7 Å². The third kappa shape index (κ3) is 3.37. The first kappa shape index (κ1) is 15.0. The van der Waals surface area contributed by atoms with Crippen LogP contribution >= 0.6 is 11.3 Å². The van der Waals surface area contributed by atoms with Crippen LogP contribution in [0.4, 0.5) is 0 Å². The maximum absolute atomic E-state index is 6.42. The summed E-state index contributed by atoms with van der Waals surface area (Å²) in [6.45, 7) is 6.51. The Morgan fingerprint density at radius 3 is 2.95 bits per heavy atom. The summed E-state index contributed by atoms with van der Waals surface area (Å²) < 4.78 is 5.55. The molecule has 4 heteroatoms. The summed E-state index contributed by atoms with van der Waals surface area (Å²) in [5.41, 5.74) is 7.79. The zero-order valence-corrected chi connectivity index (χ0v) is 13.1. The summed E-state index contributed by atoms with van der Waals surface area (Å²) in [6, 6.07) is 2.75. The molecule has 19 heavy (non-hydrogen) atoms. The van der Waals surface area contributed by atoms with Gasteiger partial charge in [0.1, 0.15) is 0 Å². The fourth-order valence-corrected chi connectivity index (χ4v) is 4.09. The van der Waals surface area contributed by atoms with Gasteiger partial charge in [0.05, 0.1) is 12.1 Å². The molecule has 3 nitrogen and oxygen atoms in total. The molecule has 0 radical (unpaired) electrons. The number of likely N-dealkylation sites (tertiary alicyclic amines) is 1. The fraction of sp³-hybridized carbons (Fsp3) is 0.733. The van der Waals surface area contributed by atoms with Gasteiger partial charge in [0, 0.05) is 24.6 Å². The normalized spacial score (nSPS) is 24.3. The molecule has 1 aliphatic heterocycles. The number of nitrogens with two attached hydrogens (primary N) is 1. The van der Waals surface area contributed by atoms with Crippen molar-refractivity contribution in [3.8, 4) is 0 Å². The Morgan fingerprint density at radius 2 is 2.37 bits per heavy atom. The van der Waals surface area contributed by atoms with E-state index in [1.54, 1.807) is 0 Å². The van der Waals surface area contributed by atoms with Crippen molar-refractivity contribution in [1.29, 1.82) is 0 Å². The fourth-order valence-electron chi connectivity index (χ4n) is 2.95. The van der Waals surface area contributed by atoms with Gasteiger partial charge in [0.25, 0.3) is 0 Å². The molecule has 1 aromatic heterocycles. The highest BCUT2D eigenvalue weighted by Gasteiger charge is 2.31. The van der Waals surface area contributed by atoms with Crippen molar-refractivity contribution < 1.29 is 4.74 Å². The molecule has 1 fully saturated rings. The summed E-state index contributed by atoms with van der Waals surface area (Å²) in [4.78, 5) is 3.97. The number of methoxy groups -OCH3 is 1. The number of ether oxygens (including phenoxy) is 1. The standard InChI is InChI=1S/C15H26N2OS/c1-4-13(16)14(15-11(2)7-9-19-15)17-8-5-6-12(10-17)18-3/h7,9,12-14H,4-6,8,10,16H2,1-3H3. The van der Waals surface area contributed by atoms with Crippen molar-refractivity contribution in [3.05, 3.63) is 21.9 Å². The minimum Gasteiger partial charge on any atom is -0.380 e. The van der Waals surface area contributed by atoms with Crippen LogP contribution in [-0.4, -0.2) is 37.2 Å². The Balaban J connectivity index is 2.20. The summed E-state index contributed by atoms with van der Waals surface area (Å²) in [7, 11) is 1.82. The van der Waals surface area contributed by atoms with Gasteiger partial charge >= 0.3 is 0 Å². The van der Waals surface area contributed by atoms with E-state index >= 15 is 0 Å². The van der Waals surface area contributed by atoms with Crippen LogP contribution in [0, 0.1) is 6.92 Å². The number of rotatable bonds is 5. The lowest BCUT2D eigenvalue weighted by molar-refractivity contribution is 0.00957. The molecule has 3 unspecified atom stereocenters. The Morgan fingerprint density at radius 1 is 1.58 bits per heavy atom. The average molecular weight is 282 g/mol. The molecule has 0 aromatic carbocycles. The zero-order chi connectivity index (χ0) is 13.8. The molecule has 0 aliphatic carbocycles. The molecule has 3 atom stereocenters. The molecule has 0 spiro atoms. The van der Waals surface area contributed by atoms with E-state index in [4.69, 9.17) is 10.5 Å². The lowest BCUT2D eigenvalue weighted by Gasteiger charge is -2.40. The predicted octanol–water partition coefficient (Wildman–Crippen LogP) is 2.95. The molecular formula is C15H26N2OS. The largest absolute Gasteiger partial charge is 0.380 e. The summed E-state index contributed by atoms with van der Waals surface area (Å²) in [5.74, 6) is 0. The molecule has 2 rings (SSSR count). The number of piperidine rings is 1. The first-order valence-electron chi connectivity index (χ1n) is 7.23.